The SMILES string of the molecule is C#CCNC(=O)COC(=O)CN1C(=O)NC(CCC)(CCC)C1=O. The van der Waals surface area contributed by atoms with Crippen molar-refractivity contribution >= 4 is 23.8 Å². The van der Waals surface area contributed by atoms with Crippen LogP contribution in [0.25, 0.3) is 0 Å². The van der Waals surface area contributed by atoms with Gasteiger partial charge in [0.05, 0.1) is 6.54 Å². The second kappa shape index (κ2) is 8.91. The maximum atomic E-state index is 12.6. The average molecular weight is 337 g/mol. The number of carbonyl (C=O) groups is 4. The zero-order chi connectivity index (χ0) is 18.2. The predicted molar refractivity (Wildman–Crippen MR) is 85.6 cm³/mol. The van der Waals surface area contributed by atoms with Crippen LogP contribution in [-0.2, 0) is 19.1 Å². The van der Waals surface area contributed by atoms with E-state index in [9.17, 15) is 19.2 Å². The Kier molecular flexibility index (Phi) is 7.24. The summed E-state index contributed by atoms with van der Waals surface area (Å²) in [6, 6.07) is -0.615. The van der Waals surface area contributed by atoms with Gasteiger partial charge < -0.3 is 15.4 Å². The molecule has 0 aromatic heterocycles. The maximum Gasteiger partial charge on any atom is 0.326 e. The van der Waals surface area contributed by atoms with Gasteiger partial charge in [0.25, 0.3) is 11.8 Å². The molecule has 0 saturated carbocycles. The Hall–Kier alpha value is -2.56. The number of esters is 1. The first-order valence-corrected chi connectivity index (χ1v) is 7.90. The molecule has 0 aromatic rings. The Morgan fingerprint density at radius 3 is 2.46 bits per heavy atom. The zero-order valence-corrected chi connectivity index (χ0v) is 14.0. The molecular formula is C16H23N3O5. The van der Waals surface area contributed by atoms with Crippen molar-refractivity contribution in [3.63, 3.8) is 0 Å². The number of ether oxygens (including phenoxy) is 1. The maximum absolute atomic E-state index is 12.6. The number of amides is 4. The molecule has 0 spiro atoms. The van der Waals surface area contributed by atoms with E-state index in [1.165, 1.54) is 0 Å². The van der Waals surface area contributed by atoms with Gasteiger partial charge in [-0.05, 0) is 12.8 Å². The largest absolute Gasteiger partial charge is 0.454 e. The fourth-order valence-corrected chi connectivity index (χ4v) is 2.66. The van der Waals surface area contributed by atoms with Crippen molar-refractivity contribution in [2.75, 3.05) is 19.7 Å². The predicted octanol–water partition coefficient (Wildman–Crippen LogP) is 0.170. The Morgan fingerprint density at radius 1 is 1.29 bits per heavy atom. The van der Waals surface area contributed by atoms with Gasteiger partial charge in [0.2, 0.25) is 0 Å². The summed E-state index contributed by atoms with van der Waals surface area (Å²) in [7, 11) is 0. The molecule has 24 heavy (non-hydrogen) atoms. The third-order valence-corrected chi connectivity index (χ3v) is 3.64. The summed E-state index contributed by atoms with van der Waals surface area (Å²) in [6.45, 7) is 2.83. The number of imide groups is 1. The van der Waals surface area contributed by atoms with Gasteiger partial charge in [-0.1, -0.05) is 32.6 Å². The number of terminal acetylenes is 1. The molecule has 1 heterocycles. The minimum Gasteiger partial charge on any atom is -0.454 e. The Balaban J connectivity index is 2.62. The molecule has 132 valence electrons. The molecule has 0 aliphatic carbocycles. The summed E-state index contributed by atoms with van der Waals surface area (Å²) in [5.41, 5.74) is -0.953. The number of hydrogen-bond donors (Lipinski definition) is 2. The molecule has 4 amide bonds. The van der Waals surface area contributed by atoms with E-state index in [2.05, 4.69) is 16.6 Å². The second-order valence-electron chi connectivity index (χ2n) is 5.55. The van der Waals surface area contributed by atoms with E-state index in [1.807, 2.05) is 13.8 Å². The van der Waals surface area contributed by atoms with Gasteiger partial charge in [0.1, 0.15) is 12.1 Å². The van der Waals surface area contributed by atoms with Crippen LogP contribution in [0.5, 0.6) is 0 Å². The molecule has 0 radical (unpaired) electrons. The number of rotatable bonds is 9. The summed E-state index contributed by atoms with van der Waals surface area (Å²) in [5.74, 6) is 0.399. The molecule has 2 N–H and O–H groups in total. The summed E-state index contributed by atoms with van der Waals surface area (Å²) in [4.78, 5) is 48.5. The fraction of sp³-hybridized carbons (Fsp3) is 0.625. The molecule has 0 unspecified atom stereocenters. The van der Waals surface area contributed by atoms with Crippen molar-refractivity contribution < 1.29 is 23.9 Å². The summed E-state index contributed by atoms with van der Waals surface area (Å²) < 4.78 is 4.75. The van der Waals surface area contributed by atoms with Crippen LogP contribution < -0.4 is 10.6 Å². The van der Waals surface area contributed by atoms with Crippen LogP contribution in [0, 0.1) is 12.3 Å². The van der Waals surface area contributed by atoms with Gasteiger partial charge in [-0.3, -0.25) is 19.3 Å². The smallest absolute Gasteiger partial charge is 0.326 e. The van der Waals surface area contributed by atoms with E-state index in [0.29, 0.717) is 12.8 Å². The van der Waals surface area contributed by atoms with Crippen molar-refractivity contribution in [1.29, 1.82) is 0 Å². The standard InChI is InChI=1S/C16H23N3O5/c1-4-7-16(8-5-2)14(22)19(15(23)18-16)10-13(21)24-11-12(20)17-9-6-3/h3H,4-5,7-11H2,1-2H3,(H,17,20)(H,18,23). The van der Waals surface area contributed by atoms with E-state index in [4.69, 9.17) is 11.2 Å². The number of carbonyl (C=O) groups excluding carboxylic acids is 4. The van der Waals surface area contributed by atoms with Crippen LogP contribution in [0.15, 0.2) is 0 Å². The van der Waals surface area contributed by atoms with Crippen molar-refractivity contribution in [1.82, 2.24) is 15.5 Å². The highest BCUT2D eigenvalue weighted by Gasteiger charge is 2.50. The average Bonchev–Trinajstić information content (AvgIpc) is 2.76. The van der Waals surface area contributed by atoms with Crippen LogP contribution in [-0.4, -0.2) is 54.0 Å². The third kappa shape index (κ3) is 4.72. The molecule has 1 aliphatic heterocycles. The minimum absolute atomic E-state index is 0.0277. The lowest BCUT2D eigenvalue weighted by Gasteiger charge is -2.25. The highest BCUT2D eigenvalue weighted by atomic mass is 16.5. The summed E-state index contributed by atoms with van der Waals surface area (Å²) in [6.07, 6.45) is 7.44. The molecule has 8 nitrogen and oxygen atoms in total. The monoisotopic (exact) mass is 337 g/mol. The Bertz CT molecular complexity index is 546. The molecule has 0 bridgehead atoms. The second-order valence-corrected chi connectivity index (χ2v) is 5.55. The first-order chi connectivity index (χ1) is 11.4. The van der Waals surface area contributed by atoms with Crippen LogP contribution in [0.3, 0.4) is 0 Å². The summed E-state index contributed by atoms with van der Waals surface area (Å²) in [5, 5.41) is 5.03. The third-order valence-electron chi connectivity index (χ3n) is 3.64. The zero-order valence-electron chi connectivity index (χ0n) is 14.0. The first kappa shape index (κ1) is 19.5. The Labute approximate surface area is 141 Å². The van der Waals surface area contributed by atoms with Crippen LogP contribution in [0.1, 0.15) is 39.5 Å². The minimum atomic E-state index is -0.953. The lowest BCUT2D eigenvalue weighted by atomic mass is 9.88. The van der Waals surface area contributed by atoms with Gasteiger partial charge in [0, 0.05) is 0 Å². The van der Waals surface area contributed by atoms with Crippen molar-refractivity contribution in [3.05, 3.63) is 0 Å². The van der Waals surface area contributed by atoms with Crippen molar-refractivity contribution in [2.45, 2.75) is 45.1 Å². The van der Waals surface area contributed by atoms with Crippen molar-refractivity contribution in [3.8, 4) is 12.3 Å². The van der Waals surface area contributed by atoms with Gasteiger partial charge >= 0.3 is 12.0 Å². The molecule has 0 aromatic carbocycles. The van der Waals surface area contributed by atoms with E-state index in [-0.39, 0.29) is 6.54 Å². The number of nitrogens with one attached hydrogen (secondary N) is 2. The molecule has 8 heteroatoms. The normalized spacial score (nSPS) is 15.6. The Morgan fingerprint density at radius 2 is 1.92 bits per heavy atom. The van der Waals surface area contributed by atoms with Gasteiger partial charge in [0.15, 0.2) is 6.61 Å². The van der Waals surface area contributed by atoms with Crippen molar-refractivity contribution in [2.24, 2.45) is 0 Å². The van der Waals surface area contributed by atoms with E-state index in [1.54, 1.807) is 0 Å². The number of nitrogens with zero attached hydrogens (tertiary/aromatic N) is 1. The first-order valence-electron chi connectivity index (χ1n) is 7.90. The van der Waals surface area contributed by atoms with Crippen LogP contribution in [0.4, 0.5) is 4.79 Å². The molecule has 1 fully saturated rings. The van der Waals surface area contributed by atoms with E-state index >= 15 is 0 Å². The van der Waals surface area contributed by atoms with Crippen LogP contribution >= 0.6 is 0 Å². The quantitative estimate of drug-likeness (QED) is 0.354. The molecule has 1 rings (SSSR count). The fourth-order valence-electron chi connectivity index (χ4n) is 2.66. The lowest BCUT2D eigenvalue weighted by Crippen LogP contribution is -2.47. The van der Waals surface area contributed by atoms with Gasteiger partial charge in [-0.15, -0.1) is 6.42 Å². The number of urea groups is 1. The van der Waals surface area contributed by atoms with E-state index in [0.717, 1.165) is 17.7 Å². The lowest BCUT2D eigenvalue weighted by molar-refractivity contribution is -0.151. The van der Waals surface area contributed by atoms with E-state index < -0.39 is 42.5 Å². The van der Waals surface area contributed by atoms with Gasteiger partial charge in [-0.25, -0.2) is 4.79 Å². The molecular weight excluding hydrogens is 314 g/mol. The highest BCUT2D eigenvalue weighted by molar-refractivity contribution is 6.08. The highest BCUT2D eigenvalue weighted by Crippen LogP contribution is 2.27. The molecule has 1 aliphatic rings. The number of hydrogen-bond acceptors (Lipinski definition) is 5. The molecule has 1 saturated heterocycles. The van der Waals surface area contributed by atoms with Crippen LogP contribution in [0.2, 0.25) is 0 Å². The van der Waals surface area contributed by atoms with Gasteiger partial charge in [-0.2, -0.15) is 0 Å². The topological polar surface area (TPSA) is 105 Å². The molecule has 0 atom stereocenters. The summed E-state index contributed by atoms with van der Waals surface area (Å²) >= 11 is 0.